The van der Waals surface area contributed by atoms with Crippen molar-refractivity contribution in [3.05, 3.63) is 131 Å². The molecule has 222 valence electrons. The van der Waals surface area contributed by atoms with E-state index in [1.165, 1.54) is 17.1 Å². The van der Waals surface area contributed by atoms with Crippen molar-refractivity contribution in [2.75, 3.05) is 12.1 Å². The minimum Gasteiger partial charge on any atom is -0.497 e. The molecule has 4 aliphatic rings. The summed E-state index contributed by atoms with van der Waals surface area (Å²) < 4.78 is 19.6. The van der Waals surface area contributed by atoms with Crippen molar-refractivity contribution in [2.24, 2.45) is 15.7 Å². The third-order valence-corrected chi connectivity index (χ3v) is 9.76. The minimum absolute atomic E-state index is 0.240. The van der Waals surface area contributed by atoms with Gasteiger partial charge in [-0.2, -0.15) is 15.4 Å². The van der Waals surface area contributed by atoms with Crippen LogP contribution in [0.4, 0.5) is 10.1 Å². The van der Waals surface area contributed by atoms with Crippen LogP contribution in [-0.4, -0.2) is 41.6 Å². The molecule has 8 rings (SSSR count). The first-order chi connectivity index (χ1) is 22.0. The van der Waals surface area contributed by atoms with E-state index in [-0.39, 0.29) is 11.8 Å². The molecule has 45 heavy (non-hydrogen) atoms. The van der Waals surface area contributed by atoms with Crippen molar-refractivity contribution in [1.29, 1.82) is 5.26 Å². The van der Waals surface area contributed by atoms with Crippen LogP contribution in [0.15, 0.2) is 113 Å². The number of methoxy groups -OCH3 is 1. The number of halogens is 1. The molecule has 1 spiro atoms. The van der Waals surface area contributed by atoms with E-state index in [9.17, 15) is 9.65 Å². The van der Waals surface area contributed by atoms with Crippen LogP contribution in [0.1, 0.15) is 47.1 Å². The van der Waals surface area contributed by atoms with Crippen LogP contribution in [0.25, 0.3) is 0 Å². The number of hydrazone groups is 1. The molecule has 0 radical (unpaired) electrons. The summed E-state index contributed by atoms with van der Waals surface area (Å²) in [5, 5.41) is 21.9. The zero-order chi connectivity index (χ0) is 30.9. The van der Waals surface area contributed by atoms with E-state index in [0.29, 0.717) is 17.0 Å². The monoisotopic (exact) mass is 597 g/mol. The Morgan fingerprint density at radius 3 is 2.31 bits per heavy atom. The smallest absolute Gasteiger partial charge is 0.262 e. The molecular formula is C36H28FN5O3. The molecule has 0 unspecified atom stereocenters. The standard InChI is InChI=1S/C36H28FN5O3/c1-21-36(35(43)42(39-21)25-8-4-3-5-9-25)31(22-12-16-24(37)17-13-22)29(20-38)41-33(36)28-11-7-6-10-27(28)30-32(40-45-34(30)41)23-14-18-26(44-2)19-15-23/h3-19,29-31,33-34H,1-2H3/t29-,30-,31-,33-,34+,36-/m0/s1. The first-order valence-electron chi connectivity index (χ1n) is 14.8. The second kappa shape index (κ2) is 10.1. The van der Waals surface area contributed by atoms with Crippen LogP contribution in [0.3, 0.4) is 0 Å². The highest BCUT2D eigenvalue weighted by Gasteiger charge is 2.73. The van der Waals surface area contributed by atoms with E-state index in [1.807, 2.05) is 84.6 Å². The predicted octanol–water partition coefficient (Wildman–Crippen LogP) is 6.13. The van der Waals surface area contributed by atoms with E-state index in [0.717, 1.165) is 28.2 Å². The Kier molecular flexibility index (Phi) is 6.12. The number of benzene rings is 4. The topological polar surface area (TPSA) is 90.5 Å². The van der Waals surface area contributed by atoms with Crippen molar-refractivity contribution in [3.8, 4) is 11.8 Å². The van der Waals surface area contributed by atoms with Gasteiger partial charge in [0.2, 0.25) is 0 Å². The summed E-state index contributed by atoms with van der Waals surface area (Å²) in [4.78, 5) is 23.4. The number of oxime groups is 1. The predicted molar refractivity (Wildman–Crippen MR) is 166 cm³/mol. The largest absolute Gasteiger partial charge is 0.497 e. The number of carbonyl (C=O) groups is 1. The van der Waals surface area contributed by atoms with Gasteiger partial charge in [0.05, 0.1) is 42.2 Å². The third kappa shape index (κ3) is 3.69. The van der Waals surface area contributed by atoms with Gasteiger partial charge in [0.1, 0.15) is 23.0 Å². The average molecular weight is 598 g/mol. The second-order valence-corrected chi connectivity index (χ2v) is 11.8. The molecule has 9 heteroatoms. The van der Waals surface area contributed by atoms with Crippen LogP contribution in [0, 0.1) is 22.6 Å². The highest BCUT2D eigenvalue weighted by molar-refractivity contribution is 6.20. The number of nitriles is 1. The summed E-state index contributed by atoms with van der Waals surface area (Å²) in [5.74, 6) is -0.920. The maximum Gasteiger partial charge on any atom is 0.262 e. The van der Waals surface area contributed by atoms with Gasteiger partial charge in [0.15, 0.2) is 6.23 Å². The van der Waals surface area contributed by atoms with Crippen LogP contribution < -0.4 is 9.75 Å². The van der Waals surface area contributed by atoms with Gasteiger partial charge >= 0.3 is 0 Å². The molecule has 0 saturated carbocycles. The zero-order valence-corrected chi connectivity index (χ0v) is 24.5. The summed E-state index contributed by atoms with van der Waals surface area (Å²) in [5.41, 5.74) is 4.10. The number of anilines is 1. The fourth-order valence-electron chi connectivity index (χ4n) is 7.91. The van der Waals surface area contributed by atoms with E-state index in [1.54, 1.807) is 19.2 Å². The molecule has 6 atom stereocenters. The molecule has 4 aromatic rings. The summed E-state index contributed by atoms with van der Waals surface area (Å²) in [6.45, 7) is 1.86. The molecule has 1 saturated heterocycles. The quantitative estimate of drug-likeness (QED) is 0.282. The zero-order valence-electron chi connectivity index (χ0n) is 24.5. The molecule has 0 bridgehead atoms. The number of amides is 1. The van der Waals surface area contributed by atoms with Crippen molar-refractivity contribution < 1.29 is 18.8 Å². The van der Waals surface area contributed by atoms with Gasteiger partial charge in [0, 0.05) is 11.5 Å². The molecule has 4 aromatic carbocycles. The van der Waals surface area contributed by atoms with E-state index >= 15 is 4.79 Å². The Morgan fingerprint density at radius 1 is 0.933 bits per heavy atom. The molecule has 4 heterocycles. The van der Waals surface area contributed by atoms with Crippen molar-refractivity contribution in [1.82, 2.24) is 4.90 Å². The highest BCUT2D eigenvalue weighted by Crippen LogP contribution is 2.66. The maximum atomic E-state index is 15.1. The Labute approximate surface area is 259 Å². The van der Waals surface area contributed by atoms with Gasteiger partial charge in [-0.25, -0.2) is 9.29 Å². The van der Waals surface area contributed by atoms with Crippen LogP contribution >= 0.6 is 0 Å². The van der Waals surface area contributed by atoms with Crippen molar-refractivity contribution >= 4 is 23.0 Å². The van der Waals surface area contributed by atoms with Gasteiger partial charge in [-0.05, 0) is 72.1 Å². The summed E-state index contributed by atoms with van der Waals surface area (Å²) in [6, 6.07) is 32.2. The minimum atomic E-state index is -1.29. The number of nitrogens with zero attached hydrogens (tertiary/aromatic N) is 5. The van der Waals surface area contributed by atoms with Crippen LogP contribution in [-0.2, 0) is 9.63 Å². The summed E-state index contributed by atoms with van der Waals surface area (Å²) in [7, 11) is 1.62. The van der Waals surface area contributed by atoms with Gasteiger partial charge in [-0.15, -0.1) is 0 Å². The number of hydrogen-bond acceptors (Lipinski definition) is 7. The molecule has 1 amide bonds. The Balaban J connectivity index is 1.36. The number of carbonyl (C=O) groups excluding carboxylic acids is 1. The number of rotatable bonds is 4. The first-order valence-corrected chi connectivity index (χ1v) is 14.8. The number of ether oxygens (including phenoxy) is 1. The Hall–Kier alpha value is -5.33. The Morgan fingerprint density at radius 2 is 1.62 bits per heavy atom. The maximum absolute atomic E-state index is 15.1. The molecular weight excluding hydrogens is 569 g/mol. The van der Waals surface area contributed by atoms with Crippen molar-refractivity contribution in [2.45, 2.75) is 37.1 Å². The van der Waals surface area contributed by atoms with Crippen molar-refractivity contribution in [3.63, 3.8) is 0 Å². The van der Waals surface area contributed by atoms with Gasteiger partial charge in [0.25, 0.3) is 5.91 Å². The lowest BCUT2D eigenvalue weighted by Crippen LogP contribution is -2.52. The lowest BCUT2D eigenvalue weighted by Gasteiger charge is -2.44. The van der Waals surface area contributed by atoms with E-state index < -0.39 is 35.5 Å². The molecule has 0 N–H and O–H groups in total. The highest BCUT2D eigenvalue weighted by atomic mass is 19.1. The summed E-state index contributed by atoms with van der Waals surface area (Å²) >= 11 is 0. The van der Waals surface area contributed by atoms with Crippen LogP contribution in [0.2, 0.25) is 0 Å². The van der Waals surface area contributed by atoms with Gasteiger partial charge in [-0.1, -0.05) is 59.8 Å². The molecule has 0 aliphatic carbocycles. The van der Waals surface area contributed by atoms with E-state index in [2.05, 4.69) is 17.3 Å². The SMILES string of the molecule is COc1ccc(C2=NO[C@@H]3[C@H]2c2ccccc2[C@@H]2N3[C@@H](C#N)[C@H](c3ccc(F)cc3)[C@]23C(=O)N(c2ccccc2)N=C3C)cc1. The van der Waals surface area contributed by atoms with Crippen LogP contribution in [0.5, 0.6) is 5.75 Å². The lowest BCUT2D eigenvalue weighted by molar-refractivity contribution is -0.128. The number of hydrogen-bond donors (Lipinski definition) is 0. The van der Waals surface area contributed by atoms with Gasteiger partial charge in [-0.3, -0.25) is 4.79 Å². The molecule has 4 aliphatic heterocycles. The number of fused-ring (bicyclic) bond motifs is 7. The number of para-hydroxylation sites is 1. The normalized spacial score (nSPS) is 28.1. The molecule has 1 fully saturated rings. The molecule has 8 nitrogen and oxygen atoms in total. The second-order valence-electron chi connectivity index (χ2n) is 11.8. The fourth-order valence-corrected chi connectivity index (χ4v) is 7.91. The average Bonchev–Trinajstić information content (AvgIpc) is 3.74. The fraction of sp³-hybridized carbons (Fsp3) is 0.222. The molecule has 0 aromatic heterocycles. The van der Waals surface area contributed by atoms with Gasteiger partial charge < -0.3 is 9.57 Å². The Bertz CT molecular complexity index is 1920. The third-order valence-electron chi connectivity index (χ3n) is 9.76. The first kappa shape index (κ1) is 27.2. The lowest BCUT2D eigenvalue weighted by atomic mass is 9.63. The summed E-state index contributed by atoms with van der Waals surface area (Å²) in [6.07, 6.45) is -0.666. The van der Waals surface area contributed by atoms with E-state index in [4.69, 9.17) is 14.7 Å².